The smallest absolute Gasteiger partial charge is 0.411 e. The van der Waals surface area contributed by atoms with E-state index in [1.807, 2.05) is 6.92 Å². The molecule has 0 bridgehead atoms. The molecule has 2 rings (SSSR count). The summed E-state index contributed by atoms with van der Waals surface area (Å²) in [5.74, 6) is -0.776. The molecular formula is C20H20F3NO5. The maximum atomic E-state index is 12.1. The second-order valence-electron chi connectivity index (χ2n) is 5.86. The average Bonchev–Trinajstić information content (AvgIpc) is 2.67. The standard InChI is InChI=1S/C20H20F3NO5/c1-2-28-17-6-4-3-5-16(17)24-18(25)12-29-19(26)15-9-7-14(8-10-15)11-27-13-20(21,22)23/h3-10H,2,11-13H2,1H3,(H,24,25). The Morgan fingerprint density at radius 3 is 2.38 bits per heavy atom. The second-order valence-corrected chi connectivity index (χ2v) is 5.86. The van der Waals surface area contributed by atoms with Gasteiger partial charge in [-0.1, -0.05) is 24.3 Å². The molecule has 0 fully saturated rings. The van der Waals surface area contributed by atoms with Crippen molar-refractivity contribution in [1.82, 2.24) is 0 Å². The van der Waals surface area contributed by atoms with E-state index >= 15 is 0 Å². The zero-order valence-electron chi connectivity index (χ0n) is 15.6. The minimum atomic E-state index is -4.40. The van der Waals surface area contributed by atoms with Gasteiger partial charge in [-0.15, -0.1) is 0 Å². The van der Waals surface area contributed by atoms with Crippen LogP contribution in [0.2, 0.25) is 0 Å². The largest absolute Gasteiger partial charge is 0.492 e. The first-order chi connectivity index (χ1) is 13.8. The Morgan fingerprint density at radius 1 is 1.03 bits per heavy atom. The van der Waals surface area contributed by atoms with Crippen LogP contribution in [0.4, 0.5) is 18.9 Å². The van der Waals surface area contributed by atoms with Gasteiger partial charge in [0.05, 0.1) is 24.5 Å². The molecule has 0 unspecified atom stereocenters. The first-order valence-corrected chi connectivity index (χ1v) is 8.70. The monoisotopic (exact) mass is 411 g/mol. The molecule has 0 saturated carbocycles. The average molecular weight is 411 g/mol. The lowest BCUT2D eigenvalue weighted by Crippen LogP contribution is -2.21. The molecule has 2 aromatic carbocycles. The lowest BCUT2D eigenvalue weighted by atomic mass is 10.1. The van der Waals surface area contributed by atoms with Gasteiger partial charge >= 0.3 is 12.1 Å². The molecule has 9 heteroatoms. The minimum Gasteiger partial charge on any atom is -0.492 e. The number of para-hydroxylation sites is 2. The number of hydrogen-bond acceptors (Lipinski definition) is 5. The van der Waals surface area contributed by atoms with E-state index in [1.165, 1.54) is 24.3 Å². The van der Waals surface area contributed by atoms with Gasteiger partial charge in [-0.05, 0) is 36.8 Å². The molecule has 0 saturated heterocycles. The van der Waals surface area contributed by atoms with Crippen molar-refractivity contribution in [3.8, 4) is 5.75 Å². The van der Waals surface area contributed by atoms with Gasteiger partial charge in [0.15, 0.2) is 6.61 Å². The highest BCUT2D eigenvalue weighted by molar-refractivity contribution is 5.96. The van der Waals surface area contributed by atoms with Crippen LogP contribution in [0.3, 0.4) is 0 Å². The van der Waals surface area contributed by atoms with Gasteiger partial charge in [-0.2, -0.15) is 13.2 Å². The Hall–Kier alpha value is -3.07. The summed E-state index contributed by atoms with van der Waals surface area (Å²) < 4.78 is 51.0. The zero-order valence-corrected chi connectivity index (χ0v) is 15.6. The number of ether oxygens (including phenoxy) is 3. The van der Waals surface area contributed by atoms with E-state index in [0.29, 0.717) is 23.6 Å². The van der Waals surface area contributed by atoms with Crippen LogP contribution < -0.4 is 10.1 Å². The number of benzene rings is 2. The maximum absolute atomic E-state index is 12.1. The van der Waals surface area contributed by atoms with Crippen molar-refractivity contribution in [2.24, 2.45) is 0 Å². The fourth-order valence-corrected chi connectivity index (χ4v) is 2.27. The predicted molar refractivity (Wildman–Crippen MR) is 98.7 cm³/mol. The molecule has 0 aliphatic heterocycles. The minimum absolute atomic E-state index is 0.159. The number of anilines is 1. The van der Waals surface area contributed by atoms with Gasteiger partial charge in [-0.3, -0.25) is 4.79 Å². The molecule has 2 aromatic rings. The predicted octanol–water partition coefficient (Wildman–Crippen LogP) is 3.96. The van der Waals surface area contributed by atoms with E-state index in [9.17, 15) is 22.8 Å². The number of rotatable bonds is 9. The van der Waals surface area contributed by atoms with Gasteiger partial charge in [0.25, 0.3) is 5.91 Å². The summed E-state index contributed by atoms with van der Waals surface area (Å²) in [4.78, 5) is 24.0. The summed E-state index contributed by atoms with van der Waals surface area (Å²) in [6.45, 7) is 0.151. The molecule has 0 atom stereocenters. The third-order valence-corrected chi connectivity index (χ3v) is 3.52. The van der Waals surface area contributed by atoms with Crippen molar-refractivity contribution < 1.29 is 37.0 Å². The third-order valence-electron chi connectivity index (χ3n) is 3.52. The quantitative estimate of drug-likeness (QED) is 0.633. The van der Waals surface area contributed by atoms with Gasteiger partial charge < -0.3 is 19.5 Å². The molecule has 29 heavy (non-hydrogen) atoms. The number of carbonyl (C=O) groups is 2. The topological polar surface area (TPSA) is 73.9 Å². The van der Waals surface area contributed by atoms with E-state index in [0.717, 1.165) is 0 Å². The Bertz CT molecular complexity index is 822. The molecule has 0 heterocycles. The summed E-state index contributed by atoms with van der Waals surface area (Å²) in [5.41, 5.74) is 1.08. The van der Waals surface area contributed by atoms with Crippen molar-refractivity contribution in [3.63, 3.8) is 0 Å². The van der Waals surface area contributed by atoms with E-state index in [4.69, 9.17) is 9.47 Å². The van der Waals surface area contributed by atoms with Crippen molar-refractivity contribution in [2.75, 3.05) is 25.1 Å². The van der Waals surface area contributed by atoms with Crippen molar-refractivity contribution in [1.29, 1.82) is 0 Å². The molecule has 0 aromatic heterocycles. The number of amides is 1. The van der Waals surface area contributed by atoms with Crippen LogP contribution in [0.5, 0.6) is 5.75 Å². The van der Waals surface area contributed by atoms with Crippen LogP contribution in [0.1, 0.15) is 22.8 Å². The fourth-order valence-electron chi connectivity index (χ4n) is 2.27. The van der Waals surface area contributed by atoms with Crippen LogP contribution in [0.15, 0.2) is 48.5 Å². The lowest BCUT2D eigenvalue weighted by molar-refractivity contribution is -0.176. The Morgan fingerprint density at radius 2 is 1.72 bits per heavy atom. The van der Waals surface area contributed by atoms with E-state index in [-0.39, 0.29) is 12.2 Å². The number of hydrogen-bond donors (Lipinski definition) is 1. The van der Waals surface area contributed by atoms with Crippen LogP contribution in [0.25, 0.3) is 0 Å². The molecule has 6 nitrogen and oxygen atoms in total. The summed E-state index contributed by atoms with van der Waals surface area (Å²) in [5, 5.41) is 2.60. The van der Waals surface area contributed by atoms with Crippen LogP contribution in [0, 0.1) is 0 Å². The molecule has 0 aliphatic carbocycles. The van der Waals surface area contributed by atoms with Gasteiger partial charge in [0, 0.05) is 0 Å². The maximum Gasteiger partial charge on any atom is 0.411 e. The van der Waals surface area contributed by atoms with Crippen LogP contribution in [-0.2, 0) is 20.9 Å². The van der Waals surface area contributed by atoms with Gasteiger partial charge in [-0.25, -0.2) is 4.79 Å². The summed E-state index contributed by atoms with van der Waals surface area (Å²) in [6.07, 6.45) is -4.40. The number of carbonyl (C=O) groups excluding carboxylic acids is 2. The summed E-state index contributed by atoms with van der Waals surface area (Å²) >= 11 is 0. The number of halogens is 3. The SMILES string of the molecule is CCOc1ccccc1NC(=O)COC(=O)c1ccc(COCC(F)(F)F)cc1. The Labute approximate surface area is 165 Å². The molecule has 1 N–H and O–H groups in total. The highest BCUT2D eigenvalue weighted by Crippen LogP contribution is 2.23. The second kappa shape index (κ2) is 10.5. The molecule has 156 valence electrons. The Kier molecular flexibility index (Phi) is 8.02. The summed E-state index contributed by atoms with van der Waals surface area (Å²) in [7, 11) is 0. The molecule has 0 aliphatic rings. The first-order valence-electron chi connectivity index (χ1n) is 8.70. The highest BCUT2D eigenvalue weighted by atomic mass is 19.4. The Balaban J connectivity index is 1.82. The normalized spacial score (nSPS) is 11.0. The van der Waals surface area contributed by atoms with Gasteiger partial charge in [0.1, 0.15) is 12.4 Å². The third kappa shape index (κ3) is 7.82. The van der Waals surface area contributed by atoms with Crippen molar-refractivity contribution in [2.45, 2.75) is 19.7 Å². The van der Waals surface area contributed by atoms with Gasteiger partial charge in [0.2, 0.25) is 0 Å². The van der Waals surface area contributed by atoms with Crippen molar-refractivity contribution >= 4 is 17.6 Å². The summed E-state index contributed by atoms with van der Waals surface area (Å²) in [6, 6.07) is 12.5. The van der Waals surface area contributed by atoms with E-state index in [1.54, 1.807) is 24.3 Å². The lowest BCUT2D eigenvalue weighted by Gasteiger charge is -2.11. The van der Waals surface area contributed by atoms with E-state index < -0.39 is 31.3 Å². The van der Waals surface area contributed by atoms with E-state index in [2.05, 4.69) is 10.1 Å². The van der Waals surface area contributed by atoms with Crippen LogP contribution in [-0.4, -0.2) is 37.9 Å². The number of esters is 1. The number of nitrogens with one attached hydrogen (secondary N) is 1. The fraction of sp³-hybridized carbons (Fsp3) is 0.300. The molecule has 0 radical (unpaired) electrons. The highest BCUT2D eigenvalue weighted by Gasteiger charge is 2.27. The van der Waals surface area contributed by atoms with Crippen molar-refractivity contribution in [3.05, 3.63) is 59.7 Å². The molecule has 0 spiro atoms. The molecular weight excluding hydrogens is 391 g/mol. The zero-order chi connectivity index (χ0) is 21.3. The number of alkyl halides is 3. The molecule has 1 amide bonds. The van der Waals surface area contributed by atoms with Crippen LogP contribution >= 0.6 is 0 Å². The first kappa shape index (κ1) is 22.2.